The summed E-state index contributed by atoms with van der Waals surface area (Å²) in [4.78, 5) is 5.41. The van der Waals surface area contributed by atoms with Gasteiger partial charge in [0, 0.05) is 44.3 Å². The summed E-state index contributed by atoms with van der Waals surface area (Å²) in [5.74, 6) is 0.828. The monoisotopic (exact) mass is 281 g/mol. The van der Waals surface area contributed by atoms with Crippen LogP contribution in [0.25, 0.3) is 0 Å². The van der Waals surface area contributed by atoms with Crippen LogP contribution in [0.15, 0.2) is 0 Å². The molecule has 0 saturated carbocycles. The van der Waals surface area contributed by atoms with Gasteiger partial charge < -0.3 is 5.32 Å². The molecule has 2 aliphatic rings. The summed E-state index contributed by atoms with van der Waals surface area (Å²) in [6.07, 6.45) is 5.48. The SMILES string of the molecule is CC(C)CCC(C)NCCN1CC2CCCN2CC1C. The number of hydrogen-bond donors (Lipinski definition) is 1. The van der Waals surface area contributed by atoms with Crippen molar-refractivity contribution in [2.45, 2.75) is 71.5 Å². The van der Waals surface area contributed by atoms with Gasteiger partial charge in [-0.2, -0.15) is 0 Å². The molecule has 0 spiro atoms. The molecule has 0 amide bonds. The van der Waals surface area contributed by atoms with Gasteiger partial charge in [-0.25, -0.2) is 0 Å². The predicted molar refractivity (Wildman–Crippen MR) is 87.2 cm³/mol. The lowest BCUT2D eigenvalue weighted by molar-refractivity contribution is 0.0598. The van der Waals surface area contributed by atoms with Crippen molar-refractivity contribution in [2.75, 3.05) is 32.7 Å². The first kappa shape index (κ1) is 16.3. The Balaban J connectivity index is 1.63. The van der Waals surface area contributed by atoms with Gasteiger partial charge in [-0.1, -0.05) is 13.8 Å². The van der Waals surface area contributed by atoms with Gasteiger partial charge >= 0.3 is 0 Å². The molecule has 118 valence electrons. The highest BCUT2D eigenvalue weighted by Crippen LogP contribution is 2.24. The van der Waals surface area contributed by atoms with E-state index in [0.29, 0.717) is 6.04 Å². The van der Waals surface area contributed by atoms with Crippen molar-refractivity contribution in [2.24, 2.45) is 5.92 Å². The molecule has 0 radical (unpaired) electrons. The lowest BCUT2D eigenvalue weighted by atomic mass is 10.0. The van der Waals surface area contributed by atoms with Crippen molar-refractivity contribution in [3.05, 3.63) is 0 Å². The Labute approximate surface area is 126 Å². The van der Waals surface area contributed by atoms with Crippen molar-refractivity contribution < 1.29 is 0 Å². The highest BCUT2D eigenvalue weighted by atomic mass is 15.3. The van der Waals surface area contributed by atoms with Crippen LogP contribution in [0.4, 0.5) is 0 Å². The van der Waals surface area contributed by atoms with Crippen LogP contribution in [0.2, 0.25) is 0 Å². The maximum atomic E-state index is 3.71. The Morgan fingerprint density at radius 3 is 2.70 bits per heavy atom. The van der Waals surface area contributed by atoms with E-state index in [2.05, 4.69) is 42.8 Å². The average Bonchev–Trinajstić information content (AvgIpc) is 2.83. The fraction of sp³-hybridized carbons (Fsp3) is 1.00. The smallest absolute Gasteiger partial charge is 0.0224 e. The zero-order valence-electron chi connectivity index (χ0n) is 14.1. The molecule has 2 fully saturated rings. The van der Waals surface area contributed by atoms with Crippen molar-refractivity contribution in [1.29, 1.82) is 0 Å². The molecule has 3 nitrogen and oxygen atoms in total. The van der Waals surface area contributed by atoms with Gasteiger partial charge in [0.15, 0.2) is 0 Å². The zero-order valence-corrected chi connectivity index (χ0v) is 14.1. The summed E-state index contributed by atoms with van der Waals surface area (Å²) in [6.45, 7) is 15.7. The van der Waals surface area contributed by atoms with Crippen LogP contribution in [-0.4, -0.2) is 60.6 Å². The third kappa shape index (κ3) is 4.71. The highest BCUT2D eigenvalue weighted by molar-refractivity contribution is 4.90. The van der Waals surface area contributed by atoms with E-state index in [9.17, 15) is 0 Å². The number of hydrogen-bond acceptors (Lipinski definition) is 3. The number of piperazine rings is 1. The third-order valence-corrected chi connectivity index (χ3v) is 5.14. The number of nitrogens with zero attached hydrogens (tertiary/aromatic N) is 2. The van der Waals surface area contributed by atoms with Gasteiger partial charge in [0.05, 0.1) is 0 Å². The van der Waals surface area contributed by atoms with Crippen LogP contribution in [0.1, 0.15) is 53.4 Å². The lowest BCUT2D eigenvalue weighted by Crippen LogP contribution is -2.56. The molecule has 3 atom stereocenters. The summed E-state index contributed by atoms with van der Waals surface area (Å²) in [5.41, 5.74) is 0. The standard InChI is InChI=1S/C17H35N3/c1-14(2)7-8-15(3)18-9-11-19-13-17-6-5-10-20(17)12-16(19)4/h14-18H,5-13H2,1-4H3. The fourth-order valence-electron chi connectivity index (χ4n) is 3.70. The van der Waals surface area contributed by atoms with Gasteiger partial charge in [0.2, 0.25) is 0 Å². The molecule has 2 aliphatic heterocycles. The quantitative estimate of drug-likeness (QED) is 0.774. The predicted octanol–water partition coefficient (Wildman–Crippen LogP) is 2.57. The summed E-state index contributed by atoms with van der Waals surface area (Å²) >= 11 is 0. The summed E-state index contributed by atoms with van der Waals surface area (Å²) in [6, 6.07) is 2.25. The minimum atomic E-state index is 0.667. The van der Waals surface area contributed by atoms with Gasteiger partial charge in [-0.15, -0.1) is 0 Å². The molecule has 0 aromatic carbocycles. The molecule has 2 heterocycles. The van der Waals surface area contributed by atoms with E-state index in [1.54, 1.807) is 0 Å². The number of nitrogens with one attached hydrogen (secondary N) is 1. The van der Waals surface area contributed by atoms with Crippen LogP contribution in [0.5, 0.6) is 0 Å². The maximum absolute atomic E-state index is 3.71. The first-order valence-electron chi connectivity index (χ1n) is 8.77. The Kier molecular flexibility index (Phi) is 6.31. The molecular weight excluding hydrogens is 246 g/mol. The maximum Gasteiger partial charge on any atom is 0.0224 e. The van der Waals surface area contributed by atoms with E-state index in [1.165, 1.54) is 51.9 Å². The van der Waals surface area contributed by atoms with Gasteiger partial charge in [-0.05, 0) is 52.0 Å². The molecule has 2 saturated heterocycles. The summed E-state index contributed by atoms with van der Waals surface area (Å²) in [5, 5.41) is 3.71. The number of rotatable bonds is 7. The fourth-order valence-corrected chi connectivity index (χ4v) is 3.70. The average molecular weight is 281 g/mol. The van der Waals surface area contributed by atoms with E-state index < -0.39 is 0 Å². The first-order valence-corrected chi connectivity index (χ1v) is 8.77. The minimum absolute atomic E-state index is 0.667. The topological polar surface area (TPSA) is 18.5 Å². The van der Waals surface area contributed by atoms with Crippen molar-refractivity contribution in [3.63, 3.8) is 0 Å². The first-order chi connectivity index (χ1) is 9.56. The van der Waals surface area contributed by atoms with Gasteiger partial charge in [0.25, 0.3) is 0 Å². The van der Waals surface area contributed by atoms with Crippen molar-refractivity contribution in [3.8, 4) is 0 Å². The van der Waals surface area contributed by atoms with Crippen LogP contribution in [0, 0.1) is 5.92 Å². The van der Waals surface area contributed by atoms with E-state index in [-0.39, 0.29) is 0 Å². The second-order valence-electron chi connectivity index (χ2n) is 7.46. The number of fused-ring (bicyclic) bond motifs is 1. The summed E-state index contributed by atoms with van der Waals surface area (Å²) < 4.78 is 0. The minimum Gasteiger partial charge on any atom is -0.313 e. The molecule has 1 N–H and O–H groups in total. The Morgan fingerprint density at radius 1 is 1.15 bits per heavy atom. The normalized spacial score (nSPS) is 29.9. The Hall–Kier alpha value is -0.120. The molecule has 0 aromatic rings. The molecule has 3 unspecified atom stereocenters. The third-order valence-electron chi connectivity index (χ3n) is 5.14. The second kappa shape index (κ2) is 7.77. The van der Waals surface area contributed by atoms with Crippen LogP contribution < -0.4 is 5.32 Å². The van der Waals surface area contributed by atoms with E-state index >= 15 is 0 Å². The summed E-state index contributed by atoms with van der Waals surface area (Å²) in [7, 11) is 0. The lowest BCUT2D eigenvalue weighted by Gasteiger charge is -2.42. The Bertz CT molecular complexity index is 279. The molecule has 0 aliphatic carbocycles. The largest absolute Gasteiger partial charge is 0.313 e. The highest BCUT2D eigenvalue weighted by Gasteiger charge is 2.33. The molecule has 0 aromatic heterocycles. The van der Waals surface area contributed by atoms with Crippen LogP contribution >= 0.6 is 0 Å². The second-order valence-corrected chi connectivity index (χ2v) is 7.46. The molecule has 0 bridgehead atoms. The molecule has 3 heteroatoms. The van der Waals surface area contributed by atoms with Gasteiger partial charge in [0.1, 0.15) is 0 Å². The molecule has 2 rings (SSSR count). The molecule has 20 heavy (non-hydrogen) atoms. The van der Waals surface area contributed by atoms with Crippen LogP contribution in [0.3, 0.4) is 0 Å². The zero-order chi connectivity index (χ0) is 14.5. The Morgan fingerprint density at radius 2 is 1.95 bits per heavy atom. The van der Waals surface area contributed by atoms with Crippen molar-refractivity contribution >= 4 is 0 Å². The van der Waals surface area contributed by atoms with Crippen molar-refractivity contribution in [1.82, 2.24) is 15.1 Å². The van der Waals surface area contributed by atoms with E-state index in [1.807, 2.05) is 0 Å². The van der Waals surface area contributed by atoms with Crippen LogP contribution in [-0.2, 0) is 0 Å². The van der Waals surface area contributed by atoms with E-state index in [4.69, 9.17) is 0 Å². The van der Waals surface area contributed by atoms with E-state index in [0.717, 1.165) is 24.5 Å². The molecular formula is C17H35N3. The van der Waals surface area contributed by atoms with Gasteiger partial charge in [-0.3, -0.25) is 9.80 Å².